The molecule has 2 rings (SSSR count). The highest BCUT2D eigenvalue weighted by Crippen LogP contribution is 2.24. The SMILES string of the molecule is COc1ccc(S(=O)(=O)N(Cc2nc(C(=O)NC(C)C)cs2)C(C)C)cc1. The zero-order chi connectivity index (χ0) is 20.2. The van der Waals surface area contributed by atoms with Gasteiger partial charge in [0.05, 0.1) is 18.6 Å². The van der Waals surface area contributed by atoms with Crippen molar-refractivity contribution in [2.45, 2.75) is 51.2 Å². The second-order valence-electron chi connectivity index (χ2n) is 6.57. The summed E-state index contributed by atoms with van der Waals surface area (Å²) in [5.74, 6) is 0.326. The van der Waals surface area contributed by atoms with Gasteiger partial charge in [-0.2, -0.15) is 4.31 Å². The lowest BCUT2D eigenvalue weighted by molar-refractivity contribution is 0.0938. The van der Waals surface area contributed by atoms with Crippen molar-refractivity contribution in [1.82, 2.24) is 14.6 Å². The predicted octanol–water partition coefficient (Wildman–Crippen LogP) is 2.89. The van der Waals surface area contributed by atoms with Gasteiger partial charge < -0.3 is 10.1 Å². The zero-order valence-corrected chi connectivity index (χ0v) is 17.7. The maximum absolute atomic E-state index is 13.0. The van der Waals surface area contributed by atoms with Crippen LogP contribution in [0.15, 0.2) is 34.5 Å². The van der Waals surface area contributed by atoms with Crippen LogP contribution in [0.2, 0.25) is 0 Å². The van der Waals surface area contributed by atoms with Gasteiger partial charge in [0.2, 0.25) is 10.0 Å². The molecule has 27 heavy (non-hydrogen) atoms. The number of aromatic nitrogens is 1. The molecule has 9 heteroatoms. The van der Waals surface area contributed by atoms with Gasteiger partial charge in [-0.3, -0.25) is 4.79 Å². The molecule has 1 aromatic heterocycles. The normalized spacial score (nSPS) is 12.0. The molecule has 1 aromatic carbocycles. The maximum atomic E-state index is 13.0. The number of carbonyl (C=O) groups is 1. The van der Waals surface area contributed by atoms with Gasteiger partial charge in [0.25, 0.3) is 5.91 Å². The molecule has 0 spiro atoms. The number of sulfonamides is 1. The van der Waals surface area contributed by atoms with Gasteiger partial charge in [-0.25, -0.2) is 13.4 Å². The average molecular weight is 412 g/mol. The Labute approximate surface area is 164 Å². The van der Waals surface area contributed by atoms with E-state index in [9.17, 15) is 13.2 Å². The third-order valence-corrected chi connectivity index (χ3v) is 6.61. The molecule has 0 radical (unpaired) electrons. The molecule has 0 fully saturated rings. The highest BCUT2D eigenvalue weighted by Gasteiger charge is 2.28. The van der Waals surface area contributed by atoms with E-state index in [1.54, 1.807) is 31.4 Å². The number of amides is 1. The number of ether oxygens (including phenoxy) is 1. The monoisotopic (exact) mass is 411 g/mol. The minimum atomic E-state index is -3.71. The van der Waals surface area contributed by atoms with Crippen molar-refractivity contribution in [2.24, 2.45) is 0 Å². The van der Waals surface area contributed by atoms with E-state index < -0.39 is 10.0 Å². The minimum absolute atomic E-state index is 0.00487. The summed E-state index contributed by atoms with van der Waals surface area (Å²) < 4.78 is 32.5. The predicted molar refractivity (Wildman–Crippen MR) is 106 cm³/mol. The van der Waals surface area contributed by atoms with Crippen LogP contribution < -0.4 is 10.1 Å². The van der Waals surface area contributed by atoms with E-state index in [-0.39, 0.29) is 29.4 Å². The van der Waals surface area contributed by atoms with Crippen LogP contribution in [-0.2, 0) is 16.6 Å². The van der Waals surface area contributed by atoms with Crippen molar-refractivity contribution in [3.63, 3.8) is 0 Å². The molecule has 0 atom stereocenters. The van der Waals surface area contributed by atoms with E-state index in [4.69, 9.17) is 4.74 Å². The fourth-order valence-electron chi connectivity index (χ4n) is 2.39. The minimum Gasteiger partial charge on any atom is -0.497 e. The molecule has 0 aliphatic heterocycles. The molecule has 0 aliphatic rings. The molecule has 1 heterocycles. The van der Waals surface area contributed by atoms with Crippen molar-refractivity contribution in [1.29, 1.82) is 0 Å². The molecule has 7 nitrogen and oxygen atoms in total. The fourth-order valence-corrected chi connectivity index (χ4v) is 4.84. The molecular weight excluding hydrogens is 386 g/mol. The summed E-state index contributed by atoms with van der Waals surface area (Å²) in [5.41, 5.74) is 0.300. The summed E-state index contributed by atoms with van der Waals surface area (Å²) in [5, 5.41) is 4.99. The zero-order valence-electron chi connectivity index (χ0n) is 16.1. The largest absolute Gasteiger partial charge is 0.497 e. The Hall–Kier alpha value is -1.97. The van der Waals surface area contributed by atoms with E-state index in [0.29, 0.717) is 16.5 Å². The number of nitrogens with zero attached hydrogens (tertiary/aromatic N) is 2. The summed E-state index contributed by atoms with van der Waals surface area (Å²) in [6.07, 6.45) is 0. The second kappa shape index (κ2) is 8.81. The lowest BCUT2D eigenvalue weighted by atomic mass is 10.3. The van der Waals surface area contributed by atoms with Crippen LogP contribution in [0.1, 0.15) is 43.2 Å². The van der Waals surface area contributed by atoms with Crippen LogP contribution in [-0.4, -0.2) is 42.8 Å². The van der Waals surface area contributed by atoms with Crippen molar-refractivity contribution < 1.29 is 17.9 Å². The number of hydrogen-bond donors (Lipinski definition) is 1. The first kappa shape index (κ1) is 21.3. The van der Waals surface area contributed by atoms with E-state index in [1.165, 1.54) is 34.9 Å². The van der Waals surface area contributed by atoms with Crippen molar-refractivity contribution in [2.75, 3.05) is 7.11 Å². The summed E-state index contributed by atoms with van der Waals surface area (Å²) in [4.78, 5) is 16.5. The Morgan fingerprint density at radius 1 is 1.22 bits per heavy atom. The van der Waals surface area contributed by atoms with Gasteiger partial charge in [0, 0.05) is 17.5 Å². The van der Waals surface area contributed by atoms with Crippen LogP contribution in [0.5, 0.6) is 5.75 Å². The topological polar surface area (TPSA) is 88.6 Å². The molecule has 0 saturated carbocycles. The number of rotatable bonds is 8. The molecule has 0 saturated heterocycles. The first-order valence-corrected chi connectivity index (χ1v) is 10.9. The lowest BCUT2D eigenvalue weighted by Gasteiger charge is -2.25. The highest BCUT2D eigenvalue weighted by molar-refractivity contribution is 7.89. The molecular formula is C18H25N3O4S2. The Kier molecular flexibility index (Phi) is 6.96. The van der Waals surface area contributed by atoms with Gasteiger partial charge in [0.15, 0.2) is 0 Å². The van der Waals surface area contributed by atoms with Crippen LogP contribution in [0.4, 0.5) is 0 Å². The summed E-state index contributed by atoms with van der Waals surface area (Å²) in [6.45, 7) is 7.45. The van der Waals surface area contributed by atoms with Crippen LogP contribution in [0, 0.1) is 0 Å². The quantitative estimate of drug-likeness (QED) is 0.721. The molecule has 0 unspecified atom stereocenters. The van der Waals surface area contributed by atoms with Gasteiger partial charge in [-0.15, -0.1) is 11.3 Å². The van der Waals surface area contributed by atoms with Crippen LogP contribution in [0.3, 0.4) is 0 Å². The van der Waals surface area contributed by atoms with E-state index in [2.05, 4.69) is 10.3 Å². The summed E-state index contributed by atoms with van der Waals surface area (Å²) in [6, 6.07) is 6.01. The molecule has 2 aromatic rings. The third-order valence-electron chi connectivity index (χ3n) is 3.74. The standard InChI is InChI=1S/C18H25N3O4S2/c1-12(2)19-18(22)16-11-26-17(20-16)10-21(13(3)4)27(23,24)15-8-6-14(25-5)7-9-15/h6-9,11-13H,10H2,1-5H3,(H,19,22). The molecule has 0 aliphatic carbocycles. The number of hydrogen-bond acceptors (Lipinski definition) is 6. The number of nitrogens with one attached hydrogen (secondary N) is 1. The molecule has 1 amide bonds. The van der Waals surface area contributed by atoms with Crippen molar-refractivity contribution >= 4 is 27.3 Å². The maximum Gasteiger partial charge on any atom is 0.270 e. The Morgan fingerprint density at radius 3 is 2.37 bits per heavy atom. The smallest absolute Gasteiger partial charge is 0.270 e. The first-order valence-electron chi connectivity index (χ1n) is 8.56. The van der Waals surface area contributed by atoms with Gasteiger partial charge in [0.1, 0.15) is 16.5 Å². The number of carbonyl (C=O) groups excluding carboxylic acids is 1. The third kappa shape index (κ3) is 5.27. The van der Waals surface area contributed by atoms with Crippen molar-refractivity contribution in [3.8, 4) is 5.75 Å². The van der Waals surface area contributed by atoms with Crippen molar-refractivity contribution in [3.05, 3.63) is 40.3 Å². The fraction of sp³-hybridized carbons (Fsp3) is 0.444. The number of benzene rings is 1. The number of methoxy groups -OCH3 is 1. The summed E-state index contributed by atoms with van der Waals surface area (Å²) >= 11 is 1.27. The second-order valence-corrected chi connectivity index (χ2v) is 9.41. The van der Waals surface area contributed by atoms with E-state index in [1.807, 2.05) is 13.8 Å². The highest BCUT2D eigenvalue weighted by atomic mass is 32.2. The van der Waals surface area contributed by atoms with E-state index in [0.717, 1.165) is 0 Å². The van der Waals surface area contributed by atoms with Crippen LogP contribution in [0.25, 0.3) is 0 Å². The Morgan fingerprint density at radius 2 is 1.85 bits per heavy atom. The Balaban J connectivity index is 2.24. The summed E-state index contributed by atoms with van der Waals surface area (Å²) in [7, 11) is -2.18. The Bertz CT molecular complexity index is 874. The van der Waals surface area contributed by atoms with E-state index >= 15 is 0 Å². The van der Waals surface area contributed by atoms with Crippen LogP contribution >= 0.6 is 11.3 Å². The molecule has 148 valence electrons. The molecule has 0 bridgehead atoms. The number of thiazole rings is 1. The van der Waals surface area contributed by atoms with Gasteiger partial charge in [-0.1, -0.05) is 0 Å². The average Bonchev–Trinajstić information content (AvgIpc) is 3.07. The van der Waals surface area contributed by atoms with Gasteiger partial charge >= 0.3 is 0 Å². The van der Waals surface area contributed by atoms with Gasteiger partial charge in [-0.05, 0) is 52.0 Å². The lowest BCUT2D eigenvalue weighted by Crippen LogP contribution is -2.36. The molecule has 1 N–H and O–H groups in total. The first-order chi connectivity index (χ1) is 12.6.